The number of hydrogen-bond acceptors (Lipinski definition) is 4. The zero-order valence-corrected chi connectivity index (χ0v) is 12.8. The summed E-state index contributed by atoms with van der Waals surface area (Å²) >= 11 is 0. The van der Waals surface area contributed by atoms with E-state index in [0.717, 1.165) is 33.7 Å². The lowest BCUT2D eigenvalue weighted by molar-refractivity contribution is 1.01. The Bertz CT molecular complexity index is 817. The minimum absolute atomic E-state index is 0.531. The highest BCUT2D eigenvalue weighted by Crippen LogP contribution is 2.30. The summed E-state index contributed by atoms with van der Waals surface area (Å²) in [5.74, 6) is 0.531. The number of anilines is 2. The van der Waals surface area contributed by atoms with Crippen molar-refractivity contribution in [1.29, 1.82) is 0 Å². The van der Waals surface area contributed by atoms with Gasteiger partial charge in [0, 0.05) is 31.2 Å². The lowest BCUT2D eigenvalue weighted by atomic mass is 10.2. The molecule has 0 aliphatic carbocycles. The third-order valence-electron chi connectivity index (χ3n) is 3.93. The van der Waals surface area contributed by atoms with Crippen LogP contribution in [0.4, 0.5) is 11.5 Å². The Kier molecular flexibility index (Phi) is 3.05. The van der Waals surface area contributed by atoms with E-state index < -0.39 is 0 Å². The second kappa shape index (κ2) is 4.77. The first-order valence-electron chi connectivity index (χ1n) is 6.86. The molecular weight excluding hydrogens is 262 g/mol. The average molecular weight is 281 g/mol. The molecule has 0 aliphatic rings. The van der Waals surface area contributed by atoms with Crippen LogP contribution in [0.5, 0.6) is 0 Å². The zero-order valence-electron chi connectivity index (χ0n) is 12.8. The third kappa shape index (κ3) is 2.01. The van der Waals surface area contributed by atoms with Crippen molar-refractivity contribution >= 4 is 22.5 Å². The van der Waals surface area contributed by atoms with Gasteiger partial charge in [-0.05, 0) is 37.6 Å². The molecule has 5 heteroatoms. The molecule has 0 atom stereocenters. The number of nitrogens with two attached hydrogens (primary N) is 1. The SMILES string of the molecule is Cc1c(C)n(-c2cccc(N(C)C)c2)c2ncnc(N)c12. The van der Waals surface area contributed by atoms with Crippen molar-refractivity contribution < 1.29 is 0 Å². The van der Waals surface area contributed by atoms with Crippen LogP contribution in [0, 0.1) is 13.8 Å². The first-order valence-corrected chi connectivity index (χ1v) is 6.86. The second-order valence-electron chi connectivity index (χ2n) is 5.42. The van der Waals surface area contributed by atoms with E-state index in [9.17, 15) is 0 Å². The van der Waals surface area contributed by atoms with Crippen LogP contribution in [0.25, 0.3) is 16.7 Å². The first-order chi connectivity index (χ1) is 10.0. The molecule has 0 fully saturated rings. The molecule has 3 rings (SSSR count). The number of nitrogen functional groups attached to an aromatic ring is 1. The molecule has 0 unspecified atom stereocenters. The molecule has 0 spiro atoms. The molecule has 3 aromatic rings. The van der Waals surface area contributed by atoms with E-state index in [-0.39, 0.29) is 0 Å². The van der Waals surface area contributed by atoms with E-state index in [2.05, 4.69) is 57.5 Å². The highest BCUT2D eigenvalue weighted by Gasteiger charge is 2.16. The molecular formula is C16H19N5. The van der Waals surface area contributed by atoms with Crippen LogP contribution < -0.4 is 10.6 Å². The minimum Gasteiger partial charge on any atom is -0.383 e. The molecule has 0 aliphatic heterocycles. The van der Waals surface area contributed by atoms with Crippen LogP contribution >= 0.6 is 0 Å². The van der Waals surface area contributed by atoms with Crippen LogP contribution in [-0.4, -0.2) is 28.6 Å². The predicted molar refractivity (Wildman–Crippen MR) is 87.1 cm³/mol. The van der Waals surface area contributed by atoms with Gasteiger partial charge < -0.3 is 10.6 Å². The van der Waals surface area contributed by atoms with Gasteiger partial charge in [0.25, 0.3) is 0 Å². The molecule has 0 bridgehead atoms. The fourth-order valence-corrected chi connectivity index (χ4v) is 2.65. The van der Waals surface area contributed by atoms with Crippen molar-refractivity contribution in [2.75, 3.05) is 24.7 Å². The van der Waals surface area contributed by atoms with Gasteiger partial charge in [-0.3, -0.25) is 4.57 Å². The van der Waals surface area contributed by atoms with Crippen LogP contribution in [0.3, 0.4) is 0 Å². The van der Waals surface area contributed by atoms with Crippen LogP contribution in [0.2, 0.25) is 0 Å². The minimum atomic E-state index is 0.531. The lowest BCUT2D eigenvalue weighted by Gasteiger charge is -2.15. The van der Waals surface area contributed by atoms with Crippen molar-refractivity contribution in [3.8, 4) is 5.69 Å². The molecule has 108 valence electrons. The number of hydrogen-bond donors (Lipinski definition) is 1. The molecule has 2 heterocycles. The van der Waals surface area contributed by atoms with Crippen LogP contribution in [-0.2, 0) is 0 Å². The van der Waals surface area contributed by atoms with Gasteiger partial charge in [0.1, 0.15) is 12.1 Å². The van der Waals surface area contributed by atoms with Crippen molar-refractivity contribution in [2.45, 2.75) is 13.8 Å². The normalized spacial score (nSPS) is 11.0. The Balaban J connectivity index is 2.33. The summed E-state index contributed by atoms with van der Waals surface area (Å²) in [4.78, 5) is 10.6. The number of fused-ring (bicyclic) bond motifs is 1. The smallest absolute Gasteiger partial charge is 0.150 e. The summed E-state index contributed by atoms with van der Waals surface area (Å²) in [6.07, 6.45) is 1.52. The Labute approximate surface area is 124 Å². The van der Waals surface area contributed by atoms with Crippen molar-refractivity contribution in [2.24, 2.45) is 0 Å². The van der Waals surface area contributed by atoms with Crippen molar-refractivity contribution in [3.63, 3.8) is 0 Å². The molecule has 0 radical (unpaired) electrons. The number of aromatic nitrogens is 3. The lowest BCUT2D eigenvalue weighted by Crippen LogP contribution is -2.09. The van der Waals surface area contributed by atoms with Gasteiger partial charge in [-0.1, -0.05) is 6.07 Å². The average Bonchev–Trinajstić information content (AvgIpc) is 2.72. The standard InChI is InChI=1S/C16H19N5/c1-10-11(2)21(16-14(10)15(17)18-9-19-16)13-7-5-6-12(8-13)20(3)4/h5-9H,1-4H3,(H2,17,18,19). The molecule has 2 N–H and O–H groups in total. The highest BCUT2D eigenvalue weighted by molar-refractivity contribution is 5.92. The zero-order chi connectivity index (χ0) is 15.1. The summed E-state index contributed by atoms with van der Waals surface area (Å²) in [6.45, 7) is 4.14. The fraction of sp³-hybridized carbons (Fsp3) is 0.250. The summed E-state index contributed by atoms with van der Waals surface area (Å²) in [7, 11) is 4.07. The second-order valence-corrected chi connectivity index (χ2v) is 5.42. The van der Waals surface area contributed by atoms with Gasteiger partial charge in [-0.2, -0.15) is 0 Å². The third-order valence-corrected chi connectivity index (χ3v) is 3.93. The van der Waals surface area contributed by atoms with E-state index in [1.807, 2.05) is 14.1 Å². The summed E-state index contributed by atoms with van der Waals surface area (Å²) in [5, 5.41) is 0.935. The maximum Gasteiger partial charge on any atom is 0.150 e. The molecule has 21 heavy (non-hydrogen) atoms. The monoisotopic (exact) mass is 281 g/mol. The topological polar surface area (TPSA) is 60.0 Å². The first kappa shape index (κ1) is 13.4. The molecule has 2 aromatic heterocycles. The largest absolute Gasteiger partial charge is 0.383 e. The fourth-order valence-electron chi connectivity index (χ4n) is 2.65. The van der Waals surface area contributed by atoms with Gasteiger partial charge in [0.15, 0.2) is 5.65 Å². The summed E-state index contributed by atoms with van der Waals surface area (Å²) in [6, 6.07) is 8.36. The van der Waals surface area contributed by atoms with E-state index in [4.69, 9.17) is 5.73 Å². The van der Waals surface area contributed by atoms with E-state index in [1.165, 1.54) is 6.33 Å². The number of aryl methyl sites for hydroxylation is 1. The number of nitrogens with zero attached hydrogens (tertiary/aromatic N) is 4. The summed E-state index contributed by atoms with van der Waals surface area (Å²) < 4.78 is 2.13. The maximum absolute atomic E-state index is 6.02. The number of benzene rings is 1. The Morgan fingerprint density at radius 1 is 1.14 bits per heavy atom. The molecule has 0 saturated heterocycles. The Hall–Kier alpha value is -2.56. The molecule has 1 aromatic carbocycles. The Morgan fingerprint density at radius 2 is 1.90 bits per heavy atom. The molecule has 5 nitrogen and oxygen atoms in total. The molecule has 0 amide bonds. The molecule has 0 saturated carbocycles. The van der Waals surface area contributed by atoms with Crippen molar-refractivity contribution in [1.82, 2.24) is 14.5 Å². The van der Waals surface area contributed by atoms with E-state index in [0.29, 0.717) is 5.82 Å². The van der Waals surface area contributed by atoms with Crippen LogP contribution in [0.15, 0.2) is 30.6 Å². The predicted octanol–water partition coefficient (Wildman–Crippen LogP) is 2.69. The highest BCUT2D eigenvalue weighted by atomic mass is 15.1. The van der Waals surface area contributed by atoms with E-state index >= 15 is 0 Å². The van der Waals surface area contributed by atoms with Gasteiger partial charge in [0.05, 0.1) is 5.39 Å². The van der Waals surface area contributed by atoms with Gasteiger partial charge in [-0.25, -0.2) is 9.97 Å². The summed E-state index contributed by atoms with van der Waals surface area (Å²) in [5.41, 5.74) is 11.4. The van der Waals surface area contributed by atoms with Gasteiger partial charge in [0.2, 0.25) is 0 Å². The maximum atomic E-state index is 6.02. The van der Waals surface area contributed by atoms with Crippen LogP contribution in [0.1, 0.15) is 11.3 Å². The van der Waals surface area contributed by atoms with Crippen molar-refractivity contribution in [3.05, 3.63) is 41.9 Å². The quantitative estimate of drug-likeness (QED) is 0.784. The Morgan fingerprint density at radius 3 is 2.62 bits per heavy atom. The van der Waals surface area contributed by atoms with E-state index in [1.54, 1.807) is 0 Å². The number of rotatable bonds is 2. The van der Waals surface area contributed by atoms with Gasteiger partial charge >= 0.3 is 0 Å². The van der Waals surface area contributed by atoms with Gasteiger partial charge in [-0.15, -0.1) is 0 Å².